The second-order valence-corrected chi connectivity index (χ2v) is 2.83. The maximum atomic E-state index is 10.3. The fourth-order valence-electron chi connectivity index (χ4n) is 0.875. The predicted octanol–water partition coefficient (Wildman–Crippen LogP) is 1.12. The highest BCUT2D eigenvalue weighted by molar-refractivity contribution is 5.77. The third kappa shape index (κ3) is 0.522. The highest BCUT2D eigenvalue weighted by atomic mass is 16.4. The summed E-state index contributed by atoms with van der Waals surface area (Å²) in [5, 5.41) is 8.48. The average molecular weight is 114 g/mol. The molecule has 2 nitrogen and oxygen atoms in total. The molecular weight excluding hydrogens is 104 g/mol. The maximum absolute atomic E-state index is 10.3. The van der Waals surface area contributed by atoms with E-state index in [1.54, 1.807) is 6.92 Å². The third-order valence-electron chi connectivity index (χ3n) is 2.15. The molecule has 2 atom stereocenters. The lowest BCUT2D eigenvalue weighted by molar-refractivity contribution is -0.143. The number of aliphatic carboxylic acids is 1. The Balaban J connectivity index is 2.60. The fourth-order valence-corrected chi connectivity index (χ4v) is 0.875. The molecule has 0 aromatic heterocycles. The van der Waals surface area contributed by atoms with Gasteiger partial charge in [-0.05, 0) is 19.3 Å². The quantitative estimate of drug-likeness (QED) is 0.554. The molecule has 0 amide bonds. The minimum Gasteiger partial charge on any atom is -0.481 e. The van der Waals surface area contributed by atoms with Gasteiger partial charge in [-0.15, -0.1) is 0 Å². The molecule has 0 radical (unpaired) electrons. The molecule has 0 aromatic carbocycles. The lowest BCUT2D eigenvalue weighted by atomic mass is 10.1. The van der Waals surface area contributed by atoms with Crippen LogP contribution < -0.4 is 0 Å². The number of rotatable bonds is 1. The van der Waals surface area contributed by atoms with Gasteiger partial charge in [0.2, 0.25) is 0 Å². The van der Waals surface area contributed by atoms with E-state index in [4.69, 9.17) is 5.11 Å². The summed E-state index contributed by atoms with van der Waals surface area (Å²) in [6.45, 7) is 3.76. The van der Waals surface area contributed by atoms with E-state index in [1.165, 1.54) is 0 Å². The van der Waals surface area contributed by atoms with Crippen LogP contribution in [0.3, 0.4) is 0 Å². The topological polar surface area (TPSA) is 37.3 Å². The molecular formula is C6H10O2. The summed E-state index contributed by atoms with van der Waals surface area (Å²) in [5.74, 6) is -0.259. The van der Waals surface area contributed by atoms with Crippen LogP contribution in [0.2, 0.25) is 0 Å². The highest BCUT2D eigenvalue weighted by Crippen LogP contribution is 2.51. The number of carboxylic acids is 1. The Morgan fingerprint density at radius 3 is 2.25 bits per heavy atom. The molecule has 0 aliphatic heterocycles. The second-order valence-electron chi connectivity index (χ2n) is 2.83. The summed E-state index contributed by atoms with van der Waals surface area (Å²) in [6.07, 6.45) is 0.850. The molecule has 2 unspecified atom stereocenters. The van der Waals surface area contributed by atoms with Crippen LogP contribution in [0.4, 0.5) is 0 Å². The first-order valence-electron chi connectivity index (χ1n) is 2.81. The Bertz CT molecular complexity index is 130. The van der Waals surface area contributed by atoms with Crippen molar-refractivity contribution in [3.63, 3.8) is 0 Å². The number of hydrogen-bond acceptors (Lipinski definition) is 1. The van der Waals surface area contributed by atoms with Crippen LogP contribution in [0.15, 0.2) is 0 Å². The summed E-state index contributed by atoms with van der Waals surface area (Å²) in [6, 6.07) is 0. The zero-order chi connectivity index (χ0) is 6.36. The van der Waals surface area contributed by atoms with E-state index in [0.717, 1.165) is 6.42 Å². The predicted molar refractivity (Wildman–Crippen MR) is 29.5 cm³/mol. The maximum Gasteiger partial charge on any atom is 0.309 e. The molecule has 8 heavy (non-hydrogen) atoms. The van der Waals surface area contributed by atoms with Crippen LogP contribution in [-0.4, -0.2) is 11.1 Å². The Labute approximate surface area is 48.5 Å². The molecule has 1 N–H and O–H groups in total. The summed E-state index contributed by atoms with van der Waals surface area (Å²) < 4.78 is 0. The molecule has 1 aliphatic rings. The number of hydrogen-bond donors (Lipinski definition) is 1. The molecule has 0 saturated heterocycles. The van der Waals surface area contributed by atoms with Gasteiger partial charge in [0.15, 0.2) is 0 Å². The lowest BCUT2D eigenvalue weighted by Crippen LogP contribution is -2.11. The second kappa shape index (κ2) is 1.24. The molecule has 1 saturated carbocycles. The molecule has 2 heteroatoms. The van der Waals surface area contributed by atoms with Crippen molar-refractivity contribution >= 4 is 5.97 Å². The van der Waals surface area contributed by atoms with Gasteiger partial charge in [0, 0.05) is 0 Å². The van der Waals surface area contributed by atoms with Crippen LogP contribution in [0.5, 0.6) is 0 Å². The fraction of sp³-hybridized carbons (Fsp3) is 0.833. The van der Waals surface area contributed by atoms with Crippen LogP contribution in [-0.2, 0) is 4.79 Å². The van der Waals surface area contributed by atoms with Gasteiger partial charge in [0.25, 0.3) is 0 Å². The lowest BCUT2D eigenvalue weighted by Gasteiger charge is -1.98. The van der Waals surface area contributed by atoms with Gasteiger partial charge in [-0.3, -0.25) is 4.79 Å². The van der Waals surface area contributed by atoms with E-state index in [2.05, 4.69) is 0 Å². The minimum atomic E-state index is -0.648. The molecule has 0 spiro atoms. The van der Waals surface area contributed by atoms with E-state index in [9.17, 15) is 4.79 Å². The Morgan fingerprint density at radius 2 is 2.25 bits per heavy atom. The van der Waals surface area contributed by atoms with Crippen molar-refractivity contribution in [3.05, 3.63) is 0 Å². The van der Waals surface area contributed by atoms with E-state index >= 15 is 0 Å². The minimum absolute atomic E-state index is 0.375. The molecule has 1 aliphatic carbocycles. The van der Waals surface area contributed by atoms with Crippen molar-refractivity contribution in [1.29, 1.82) is 0 Å². The molecule has 1 fully saturated rings. The molecule has 1 rings (SSSR count). The van der Waals surface area contributed by atoms with E-state index in [0.29, 0.717) is 5.92 Å². The summed E-state index contributed by atoms with van der Waals surface area (Å²) in [4.78, 5) is 10.3. The summed E-state index contributed by atoms with van der Waals surface area (Å²) in [5.41, 5.74) is -0.375. The standard InChI is InChI=1S/C6H10O2/c1-4-3-6(4,2)5(7)8/h4H,3H2,1-2H3,(H,7,8). The first-order valence-corrected chi connectivity index (χ1v) is 2.81. The number of carboxylic acid groups (broad SMARTS) is 1. The van der Waals surface area contributed by atoms with Gasteiger partial charge >= 0.3 is 5.97 Å². The zero-order valence-corrected chi connectivity index (χ0v) is 5.14. The van der Waals surface area contributed by atoms with Crippen LogP contribution >= 0.6 is 0 Å². The van der Waals surface area contributed by atoms with E-state index in [1.807, 2.05) is 6.92 Å². The number of carbonyl (C=O) groups is 1. The van der Waals surface area contributed by atoms with Gasteiger partial charge in [-0.25, -0.2) is 0 Å². The Hall–Kier alpha value is -0.530. The molecule has 0 aromatic rings. The van der Waals surface area contributed by atoms with Crippen LogP contribution in [0.1, 0.15) is 20.3 Å². The van der Waals surface area contributed by atoms with Crippen molar-refractivity contribution in [1.82, 2.24) is 0 Å². The van der Waals surface area contributed by atoms with Crippen LogP contribution in [0.25, 0.3) is 0 Å². The van der Waals surface area contributed by atoms with Gasteiger partial charge in [-0.2, -0.15) is 0 Å². The Kier molecular flexibility index (Phi) is 0.872. The molecule has 46 valence electrons. The van der Waals surface area contributed by atoms with Gasteiger partial charge in [-0.1, -0.05) is 6.92 Å². The van der Waals surface area contributed by atoms with Crippen LogP contribution in [0, 0.1) is 11.3 Å². The van der Waals surface area contributed by atoms with Gasteiger partial charge < -0.3 is 5.11 Å². The van der Waals surface area contributed by atoms with Crippen molar-refractivity contribution in [2.75, 3.05) is 0 Å². The molecule has 0 bridgehead atoms. The average Bonchev–Trinajstić information content (AvgIpc) is 2.17. The normalized spacial score (nSPS) is 44.0. The Morgan fingerprint density at radius 1 is 1.88 bits per heavy atom. The van der Waals surface area contributed by atoms with Gasteiger partial charge in [0.05, 0.1) is 5.41 Å². The SMILES string of the molecule is CC1CC1(C)C(=O)O. The highest BCUT2D eigenvalue weighted by Gasteiger charge is 2.53. The van der Waals surface area contributed by atoms with E-state index in [-0.39, 0.29) is 5.41 Å². The van der Waals surface area contributed by atoms with Crippen molar-refractivity contribution in [2.24, 2.45) is 11.3 Å². The third-order valence-corrected chi connectivity index (χ3v) is 2.15. The largest absolute Gasteiger partial charge is 0.481 e. The van der Waals surface area contributed by atoms with Gasteiger partial charge in [0.1, 0.15) is 0 Å². The smallest absolute Gasteiger partial charge is 0.309 e. The van der Waals surface area contributed by atoms with E-state index < -0.39 is 5.97 Å². The van der Waals surface area contributed by atoms with Crippen molar-refractivity contribution < 1.29 is 9.90 Å². The zero-order valence-electron chi connectivity index (χ0n) is 5.14. The monoisotopic (exact) mass is 114 g/mol. The van der Waals surface area contributed by atoms with Crippen molar-refractivity contribution in [3.8, 4) is 0 Å². The first kappa shape index (κ1) is 5.60. The first-order chi connectivity index (χ1) is 3.57. The molecule has 0 heterocycles. The summed E-state index contributed by atoms with van der Waals surface area (Å²) in [7, 11) is 0. The van der Waals surface area contributed by atoms with Crippen molar-refractivity contribution in [2.45, 2.75) is 20.3 Å². The summed E-state index contributed by atoms with van der Waals surface area (Å²) >= 11 is 0.